The maximum Gasteiger partial charge on any atom is 0.246 e. The van der Waals surface area contributed by atoms with Gasteiger partial charge in [0, 0.05) is 46.7 Å². The Balaban J connectivity index is 1.25. The molecule has 0 radical (unpaired) electrons. The van der Waals surface area contributed by atoms with Gasteiger partial charge in [-0.15, -0.1) is 0 Å². The van der Waals surface area contributed by atoms with Crippen molar-refractivity contribution in [3.8, 4) is 5.75 Å². The minimum Gasteiger partial charge on any atom is -0.497 e. The molecule has 3 aromatic carbocycles. The van der Waals surface area contributed by atoms with Gasteiger partial charge in [-0.25, -0.2) is 0 Å². The molecule has 7 nitrogen and oxygen atoms in total. The summed E-state index contributed by atoms with van der Waals surface area (Å²) in [6, 6.07) is 23.2. The van der Waals surface area contributed by atoms with E-state index in [0.717, 1.165) is 49.9 Å². The molecular weight excluding hydrogens is 476 g/mol. The quantitative estimate of drug-likeness (QED) is 0.368. The number of hydrogen-bond donors (Lipinski definition) is 2. The number of piperazine rings is 1. The molecule has 0 bridgehead atoms. The maximum absolute atomic E-state index is 14.0. The predicted octanol–water partition coefficient (Wildman–Crippen LogP) is 4.59. The first-order valence-electron chi connectivity index (χ1n) is 13.0. The number of amides is 2. The van der Waals surface area contributed by atoms with Gasteiger partial charge in [-0.1, -0.05) is 48.5 Å². The van der Waals surface area contributed by atoms with E-state index < -0.39 is 6.04 Å². The first kappa shape index (κ1) is 22.7. The number of rotatable bonds is 5. The number of carbonyl (C=O) groups is 2. The number of H-pyrrole nitrogens is 2. The molecule has 1 fully saturated rings. The molecule has 4 heterocycles. The highest BCUT2D eigenvalue weighted by Crippen LogP contribution is 2.42. The number of nitrogens with zero attached hydrogens (tertiary/aromatic N) is 2. The predicted molar refractivity (Wildman–Crippen MR) is 146 cm³/mol. The largest absolute Gasteiger partial charge is 0.497 e. The Labute approximate surface area is 220 Å². The summed E-state index contributed by atoms with van der Waals surface area (Å²) in [6.07, 6.45) is 3.20. The van der Waals surface area contributed by atoms with Crippen molar-refractivity contribution in [3.05, 3.63) is 101 Å². The van der Waals surface area contributed by atoms with Gasteiger partial charge in [-0.3, -0.25) is 9.59 Å². The van der Waals surface area contributed by atoms with E-state index in [1.807, 2.05) is 65.7 Å². The highest BCUT2D eigenvalue weighted by molar-refractivity contribution is 5.97. The number of aromatic nitrogens is 2. The van der Waals surface area contributed by atoms with Crippen LogP contribution in [0.15, 0.2) is 79.0 Å². The third-order valence-electron chi connectivity index (χ3n) is 8.10. The van der Waals surface area contributed by atoms with E-state index in [0.29, 0.717) is 19.4 Å². The van der Waals surface area contributed by atoms with Gasteiger partial charge < -0.3 is 24.5 Å². The van der Waals surface area contributed by atoms with Crippen LogP contribution in [0.25, 0.3) is 21.8 Å². The minimum atomic E-state index is -0.543. The van der Waals surface area contributed by atoms with Crippen molar-refractivity contribution < 1.29 is 14.3 Å². The fourth-order valence-electron chi connectivity index (χ4n) is 6.24. The van der Waals surface area contributed by atoms with E-state index in [4.69, 9.17) is 4.74 Å². The lowest BCUT2D eigenvalue weighted by molar-refractivity contribution is -0.158. The standard InChI is InChI=1S/C31H28N4O3/c1-38-21-12-10-19(11-13-21)30-29-24(23-7-3-5-9-26(23)33-29)16-27-31(37)34(18-28(36)35(27)30)15-14-20-17-32-25-8-4-2-6-22(20)25/h2-13,17,27,30,32-33H,14-16,18H2,1H3/t27-,30+/m0/s1. The zero-order chi connectivity index (χ0) is 25.8. The van der Waals surface area contributed by atoms with Crippen LogP contribution in [-0.4, -0.2) is 57.8 Å². The topological polar surface area (TPSA) is 81.4 Å². The van der Waals surface area contributed by atoms with E-state index >= 15 is 0 Å². The lowest BCUT2D eigenvalue weighted by Crippen LogP contribution is -2.63. The van der Waals surface area contributed by atoms with Gasteiger partial charge in [0.25, 0.3) is 0 Å². The van der Waals surface area contributed by atoms with Crippen molar-refractivity contribution >= 4 is 33.6 Å². The molecule has 7 rings (SSSR count). The lowest BCUT2D eigenvalue weighted by atomic mass is 9.86. The van der Waals surface area contributed by atoms with Gasteiger partial charge in [0.1, 0.15) is 11.8 Å². The number of fused-ring (bicyclic) bond motifs is 5. The van der Waals surface area contributed by atoms with Crippen molar-refractivity contribution in [2.75, 3.05) is 20.2 Å². The molecule has 2 aromatic heterocycles. The number of para-hydroxylation sites is 2. The fraction of sp³-hybridized carbons (Fsp3) is 0.226. The molecular formula is C31H28N4O3. The number of carbonyl (C=O) groups excluding carboxylic acids is 2. The molecule has 2 atom stereocenters. The molecule has 2 N–H and O–H groups in total. The molecule has 38 heavy (non-hydrogen) atoms. The van der Waals surface area contributed by atoms with Crippen LogP contribution in [0.4, 0.5) is 0 Å². The highest BCUT2D eigenvalue weighted by atomic mass is 16.5. The number of benzene rings is 3. The van der Waals surface area contributed by atoms with Crippen molar-refractivity contribution in [2.45, 2.75) is 24.9 Å². The van der Waals surface area contributed by atoms with Gasteiger partial charge in [0.2, 0.25) is 11.8 Å². The summed E-state index contributed by atoms with van der Waals surface area (Å²) >= 11 is 0. The van der Waals surface area contributed by atoms with Crippen LogP contribution in [-0.2, 0) is 22.4 Å². The summed E-state index contributed by atoms with van der Waals surface area (Å²) < 4.78 is 5.37. The minimum absolute atomic E-state index is 0.0129. The fourth-order valence-corrected chi connectivity index (χ4v) is 6.24. The van der Waals surface area contributed by atoms with Crippen LogP contribution in [0.1, 0.15) is 28.4 Å². The SMILES string of the molecule is COc1ccc([C@@H]2c3[nH]c4ccccc4c3C[C@H]3C(=O)N(CCc4c[nH]c5ccccc45)CC(=O)N23)cc1. The molecule has 190 valence electrons. The molecule has 7 heteroatoms. The maximum atomic E-state index is 14.0. The second-order valence-electron chi connectivity index (χ2n) is 10.1. The van der Waals surface area contributed by atoms with Crippen molar-refractivity contribution in [3.63, 3.8) is 0 Å². The smallest absolute Gasteiger partial charge is 0.246 e. The number of nitrogens with one attached hydrogen (secondary N) is 2. The van der Waals surface area contributed by atoms with Crippen LogP contribution in [0.3, 0.4) is 0 Å². The molecule has 1 saturated heterocycles. The molecule has 2 aliphatic rings. The van der Waals surface area contributed by atoms with Gasteiger partial charge in [-0.2, -0.15) is 0 Å². The van der Waals surface area contributed by atoms with E-state index in [1.165, 1.54) is 0 Å². The van der Waals surface area contributed by atoms with Crippen molar-refractivity contribution in [1.82, 2.24) is 19.8 Å². The summed E-state index contributed by atoms with van der Waals surface area (Å²) in [5.41, 5.74) is 6.31. The van der Waals surface area contributed by atoms with Gasteiger partial charge in [0.15, 0.2) is 0 Å². The normalized spacial score (nSPS) is 19.2. The Bertz CT molecular complexity index is 1680. The Hall–Kier alpha value is -4.52. The van der Waals surface area contributed by atoms with Gasteiger partial charge >= 0.3 is 0 Å². The molecule has 5 aromatic rings. The zero-order valence-corrected chi connectivity index (χ0v) is 21.1. The van der Waals surface area contributed by atoms with Gasteiger partial charge in [-0.05, 0) is 47.4 Å². The van der Waals surface area contributed by atoms with Crippen molar-refractivity contribution in [1.29, 1.82) is 0 Å². The molecule has 2 amide bonds. The Morgan fingerprint density at radius 1 is 0.921 bits per heavy atom. The molecule has 0 saturated carbocycles. The first-order chi connectivity index (χ1) is 18.6. The van der Waals surface area contributed by atoms with Gasteiger partial charge in [0.05, 0.1) is 19.7 Å². The van der Waals surface area contributed by atoms with Crippen LogP contribution in [0, 0.1) is 0 Å². The monoisotopic (exact) mass is 504 g/mol. The third-order valence-corrected chi connectivity index (χ3v) is 8.10. The Morgan fingerprint density at radius 2 is 1.66 bits per heavy atom. The number of aromatic amines is 2. The van der Waals surface area contributed by atoms with E-state index in [1.54, 1.807) is 12.0 Å². The molecule has 0 spiro atoms. The van der Waals surface area contributed by atoms with Crippen LogP contribution in [0.5, 0.6) is 5.75 Å². The number of hydrogen-bond acceptors (Lipinski definition) is 3. The second-order valence-corrected chi connectivity index (χ2v) is 10.1. The van der Waals surface area contributed by atoms with E-state index in [9.17, 15) is 9.59 Å². The number of methoxy groups -OCH3 is 1. The summed E-state index contributed by atoms with van der Waals surface area (Å²) in [6.45, 7) is 0.588. The van der Waals surface area contributed by atoms with Crippen molar-refractivity contribution in [2.24, 2.45) is 0 Å². The summed E-state index contributed by atoms with van der Waals surface area (Å²) in [5.74, 6) is 0.736. The Morgan fingerprint density at radius 3 is 2.45 bits per heavy atom. The van der Waals surface area contributed by atoms with Crippen LogP contribution < -0.4 is 4.74 Å². The highest BCUT2D eigenvalue weighted by Gasteiger charge is 2.48. The number of ether oxygens (including phenoxy) is 1. The molecule has 0 unspecified atom stereocenters. The average Bonchev–Trinajstić information content (AvgIpc) is 3.54. The second kappa shape index (κ2) is 8.80. The summed E-state index contributed by atoms with van der Waals surface area (Å²) in [4.78, 5) is 38.2. The third kappa shape index (κ3) is 3.49. The summed E-state index contributed by atoms with van der Waals surface area (Å²) in [5, 5.41) is 2.27. The first-order valence-corrected chi connectivity index (χ1v) is 13.0. The van der Waals surface area contributed by atoms with Crippen LogP contribution >= 0.6 is 0 Å². The van der Waals surface area contributed by atoms with E-state index in [2.05, 4.69) is 28.2 Å². The summed E-state index contributed by atoms with van der Waals surface area (Å²) in [7, 11) is 1.64. The molecule has 0 aliphatic carbocycles. The Kier molecular flexibility index (Phi) is 5.25. The van der Waals surface area contributed by atoms with Crippen LogP contribution in [0.2, 0.25) is 0 Å². The zero-order valence-electron chi connectivity index (χ0n) is 21.1. The molecule has 2 aliphatic heterocycles. The van der Waals surface area contributed by atoms with E-state index in [-0.39, 0.29) is 24.4 Å². The average molecular weight is 505 g/mol. The lowest BCUT2D eigenvalue weighted by Gasteiger charge is -2.47.